The number of halogens is 3. The lowest BCUT2D eigenvalue weighted by atomic mass is 10.1. The summed E-state index contributed by atoms with van der Waals surface area (Å²) in [4.78, 5) is 32.3. The molecule has 1 aliphatic heterocycles. The lowest BCUT2D eigenvalue weighted by Gasteiger charge is -2.34. The molecule has 166 valence electrons. The highest BCUT2D eigenvalue weighted by atomic mass is 32.2. The molecular weight excluding hydrogens is 429 g/mol. The van der Waals surface area contributed by atoms with Crippen LogP contribution in [0.25, 0.3) is 0 Å². The molecule has 1 aromatic heterocycles. The van der Waals surface area contributed by atoms with Crippen molar-refractivity contribution >= 4 is 29.3 Å². The third kappa shape index (κ3) is 6.44. The van der Waals surface area contributed by atoms with Crippen molar-refractivity contribution in [3.05, 3.63) is 53.7 Å². The van der Waals surface area contributed by atoms with Gasteiger partial charge in [-0.3, -0.25) is 14.5 Å². The fourth-order valence-corrected chi connectivity index (χ4v) is 3.97. The van der Waals surface area contributed by atoms with E-state index in [-0.39, 0.29) is 34.8 Å². The molecule has 6 nitrogen and oxygen atoms in total. The number of benzene rings is 1. The van der Waals surface area contributed by atoms with Gasteiger partial charge < -0.3 is 10.2 Å². The summed E-state index contributed by atoms with van der Waals surface area (Å²) >= 11 is -0.389. The number of thioether (sulfide) groups is 1. The summed E-state index contributed by atoms with van der Waals surface area (Å²) in [5, 5.41) is 2.57. The second kappa shape index (κ2) is 10.1. The van der Waals surface area contributed by atoms with Crippen molar-refractivity contribution in [3.63, 3.8) is 0 Å². The van der Waals surface area contributed by atoms with E-state index in [9.17, 15) is 22.8 Å². The number of carbonyl (C=O) groups is 2. The molecule has 2 amide bonds. The molecule has 10 heteroatoms. The second-order valence-electron chi connectivity index (χ2n) is 7.03. The Labute approximate surface area is 182 Å². The number of piperazine rings is 1. The number of pyridine rings is 1. The number of nitrogens with zero attached hydrogens (tertiary/aromatic N) is 3. The van der Waals surface area contributed by atoms with Gasteiger partial charge in [0.1, 0.15) is 5.03 Å². The SMILES string of the molecule is CCc1ccccc1NC(=O)CN1CCN(C(=O)c2cccnc2SC(F)(F)F)CC1. The van der Waals surface area contributed by atoms with Gasteiger partial charge in [-0.05, 0) is 30.2 Å². The third-order valence-corrected chi connectivity index (χ3v) is 5.66. The third-order valence-electron chi connectivity index (χ3n) is 4.91. The quantitative estimate of drug-likeness (QED) is 0.678. The molecule has 0 bridgehead atoms. The van der Waals surface area contributed by atoms with Gasteiger partial charge in [-0.2, -0.15) is 13.2 Å². The van der Waals surface area contributed by atoms with Crippen molar-refractivity contribution in [2.75, 3.05) is 38.0 Å². The van der Waals surface area contributed by atoms with Crippen molar-refractivity contribution in [2.24, 2.45) is 0 Å². The zero-order valence-corrected chi connectivity index (χ0v) is 17.8. The van der Waals surface area contributed by atoms with E-state index in [1.807, 2.05) is 36.1 Å². The zero-order valence-electron chi connectivity index (χ0n) is 17.0. The normalized spacial score (nSPS) is 15.0. The van der Waals surface area contributed by atoms with Gasteiger partial charge >= 0.3 is 5.51 Å². The zero-order chi connectivity index (χ0) is 22.4. The molecule has 2 aromatic rings. The highest BCUT2D eigenvalue weighted by Crippen LogP contribution is 2.37. The number of aromatic nitrogens is 1. The van der Waals surface area contributed by atoms with E-state index < -0.39 is 11.4 Å². The van der Waals surface area contributed by atoms with Gasteiger partial charge in [0.05, 0.1) is 12.1 Å². The molecule has 3 rings (SSSR count). The summed E-state index contributed by atoms with van der Waals surface area (Å²) < 4.78 is 38.3. The van der Waals surface area contributed by atoms with Crippen LogP contribution in [0.1, 0.15) is 22.8 Å². The van der Waals surface area contributed by atoms with E-state index in [0.29, 0.717) is 26.2 Å². The Balaban J connectivity index is 1.55. The van der Waals surface area contributed by atoms with Crippen LogP contribution in [-0.2, 0) is 11.2 Å². The Morgan fingerprint density at radius 2 is 1.81 bits per heavy atom. The van der Waals surface area contributed by atoms with Gasteiger partial charge in [0, 0.05) is 49.8 Å². The lowest BCUT2D eigenvalue weighted by Crippen LogP contribution is -2.50. The van der Waals surface area contributed by atoms with E-state index in [2.05, 4.69) is 10.3 Å². The topological polar surface area (TPSA) is 65.5 Å². The number of carbonyl (C=O) groups excluding carboxylic acids is 2. The predicted octanol–water partition coefficient (Wildman–Crippen LogP) is 3.65. The van der Waals surface area contributed by atoms with Crippen LogP contribution in [0, 0.1) is 0 Å². The first kappa shape index (κ1) is 23.1. The number of amides is 2. The van der Waals surface area contributed by atoms with Gasteiger partial charge in [0.15, 0.2) is 0 Å². The highest BCUT2D eigenvalue weighted by molar-refractivity contribution is 8.00. The Kier molecular flexibility index (Phi) is 7.55. The van der Waals surface area contributed by atoms with Gasteiger partial charge in [0.2, 0.25) is 5.91 Å². The number of hydrogen-bond donors (Lipinski definition) is 1. The first-order chi connectivity index (χ1) is 14.8. The van der Waals surface area contributed by atoms with E-state index in [1.165, 1.54) is 23.2 Å². The van der Waals surface area contributed by atoms with E-state index in [4.69, 9.17) is 0 Å². The standard InChI is InChI=1S/C21H23F3N4O2S/c1-2-15-6-3-4-8-17(15)26-18(29)14-27-10-12-28(13-11-27)20(30)16-7-5-9-25-19(16)31-21(22,23)24/h3-9H,2,10-14H2,1H3,(H,26,29). The average Bonchev–Trinajstić information content (AvgIpc) is 2.73. The fourth-order valence-electron chi connectivity index (χ4n) is 3.37. The molecule has 1 fully saturated rings. The molecular formula is C21H23F3N4O2S. The van der Waals surface area contributed by atoms with Crippen LogP contribution >= 0.6 is 11.8 Å². The molecule has 0 radical (unpaired) electrons. The number of anilines is 1. The molecule has 0 unspecified atom stereocenters. The number of alkyl halides is 3. The maximum absolute atomic E-state index is 12.8. The first-order valence-corrected chi connectivity index (χ1v) is 10.7. The minimum Gasteiger partial charge on any atom is -0.336 e. The Bertz CT molecular complexity index is 931. The highest BCUT2D eigenvalue weighted by Gasteiger charge is 2.33. The van der Waals surface area contributed by atoms with E-state index in [0.717, 1.165) is 17.7 Å². The molecule has 1 saturated heterocycles. The molecule has 0 saturated carbocycles. The van der Waals surface area contributed by atoms with Crippen molar-refractivity contribution in [1.29, 1.82) is 0 Å². The lowest BCUT2D eigenvalue weighted by molar-refractivity contribution is -0.117. The first-order valence-electron chi connectivity index (χ1n) is 9.87. The van der Waals surface area contributed by atoms with Crippen LogP contribution in [0.4, 0.5) is 18.9 Å². The maximum atomic E-state index is 12.8. The molecule has 1 N–H and O–H groups in total. The Morgan fingerprint density at radius 1 is 1.10 bits per heavy atom. The predicted molar refractivity (Wildman–Crippen MR) is 113 cm³/mol. The van der Waals surface area contributed by atoms with E-state index in [1.54, 1.807) is 0 Å². The summed E-state index contributed by atoms with van der Waals surface area (Å²) in [7, 11) is 0. The van der Waals surface area contributed by atoms with E-state index >= 15 is 0 Å². The maximum Gasteiger partial charge on any atom is 0.447 e. The summed E-state index contributed by atoms with van der Waals surface area (Å²) in [5.74, 6) is -0.627. The molecule has 0 atom stereocenters. The van der Waals surface area contributed by atoms with Crippen LogP contribution < -0.4 is 5.32 Å². The van der Waals surface area contributed by atoms with Crippen LogP contribution in [-0.4, -0.2) is 64.8 Å². The molecule has 2 heterocycles. The number of hydrogen-bond acceptors (Lipinski definition) is 5. The summed E-state index contributed by atoms with van der Waals surface area (Å²) in [6.45, 7) is 3.75. The van der Waals surface area contributed by atoms with Crippen molar-refractivity contribution in [3.8, 4) is 0 Å². The number of para-hydroxylation sites is 1. The van der Waals surface area contributed by atoms with Gasteiger partial charge in [-0.1, -0.05) is 25.1 Å². The van der Waals surface area contributed by atoms with Crippen LogP contribution in [0.3, 0.4) is 0 Å². The van der Waals surface area contributed by atoms with Crippen LogP contribution in [0.15, 0.2) is 47.6 Å². The molecule has 0 aliphatic carbocycles. The second-order valence-corrected chi connectivity index (χ2v) is 8.08. The number of rotatable bonds is 6. The van der Waals surface area contributed by atoms with Gasteiger partial charge in [-0.25, -0.2) is 4.98 Å². The average molecular weight is 453 g/mol. The molecule has 1 aromatic carbocycles. The van der Waals surface area contributed by atoms with Crippen LogP contribution in [0.2, 0.25) is 0 Å². The summed E-state index contributed by atoms with van der Waals surface area (Å²) in [6, 6.07) is 10.4. The molecule has 31 heavy (non-hydrogen) atoms. The van der Waals surface area contributed by atoms with Crippen LogP contribution in [0.5, 0.6) is 0 Å². The molecule has 0 spiro atoms. The van der Waals surface area contributed by atoms with Gasteiger partial charge in [-0.15, -0.1) is 0 Å². The number of nitrogens with one attached hydrogen (secondary N) is 1. The smallest absolute Gasteiger partial charge is 0.336 e. The van der Waals surface area contributed by atoms with Crippen molar-refractivity contribution in [1.82, 2.24) is 14.8 Å². The summed E-state index contributed by atoms with van der Waals surface area (Å²) in [5.41, 5.74) is -2.75. The summed E-state index contributed by atoms with van der Waals surface area (Å²) in [6.07, 6.45) is 2.04. The Hall–Kier alpha value is -2.59. The molecule has 1 aliphatic rings. The largest absolute Gasteiger partial charge is 0.447 e. The minimum absolute atomic E-state index is 0.0628. The fraction of sp³-hybridized carbons (Fsp3) is 0.381. The number of aryl methyl sites for hydroxylation is 1. The van der Waals surface area contributed by atoms with Crippen molar-refractivity contribution < 1.29 is 22.8 Å². The minimum atomic E-state index is -4.52. The van der Waals surface area contributed by atoms with Gasteiger partial charge in [0.25, 0.3) is 5.91 Å². The van der Waals surface area contributed by atoms with Crippen molar-refractivity contribution in [2.45, 2.75) is 23.9 Å². The Morgan fingerprint density at radius 3 is 2.48 bits per heavy atom. The monoisotopic (exact) mass is 452 g/mol.